The Hall–Kier alpha value is -2.41. The van der Waals surface area contributed by atoms with E-state index in [-0.39, 0.29) is 0 Å². The third-order valence-corrected chi connectivity index (χ3v) is 4.19. The molecule has 2 N–H and O–H groups in total. The lowest BCUT2D eigenvalue weighted by atomic mass is 10.1. The molecule has 0 spiro atoms. The highest BCUT2D eigenvalue weighted by molar-refractivity contribution is 5.79. The number of nitrogens with one attached hydrogen (secondary N) is 2. The number of aliphatic imine (C=N–C) groups is 1. The maximum Gasteiger partial charge on any atom is 0.191 e. The van der Waals surface area contributed by atoms with Gasteiger partial charge < -0.3 is 10.6 Å². The van der Waals surface area contributed by atoms with Crippen molar-refractivity contribution in [1.29, 1.82) is 0 Å². The van der Waals surface area contributed by atoms with E-state index in [1.54, 1.807) is 18.1 Å². The molecule has 0 saturated heterocycles. The molecule has 1 heterocycles. The summed E-state index contributed by atoms with van der Waals surface area (Å²) in [6.07, 6.45) is 1.55. The maximum atomic E-state index is 4.26. The van der Waals surface area contributed by atoms with Crippen LogP contribution >= 0.6 is 0 Å². The Morgan fingerprint density at radius 2 is 1.88 bits per heavy atom. The van der Waals surface area contributed by atoms with Crippen molar-refractivity contribution in [3.8, 4) is 0 Å². The predicted molar refractivity (Wildman–Crippen MR) is 101 cm³/mol. The van der Waals surface area contributed by atoms with E-state index in [2.05, 4.69) is 68.7 Å². The Labute approximate surface area is 150 Å². The number of hydrogen-bond donors (Lipinski definition) is 2. The first kappa shape index (κ1) is 18.9. The van der Waals surface area contributed by atoms with Crippen LogP contribution in [0.2, 0.25) is 0 Å². The predicted octanol–water partition coefficient (Wildman–Crippen LogP) is 1.52. The van der Waals surface area contributed by atoms with Gasteiger partial charge in [-0.1, -0.05) is 38.1 Å². The minimum absolute atomic E-state index is 0.582. The average molecular weight is 343 g/mol. The molecule has 0 fully saturated rings. The van der Waals surface area contributed by atoms with Crippen LogP contribution in [0.1, 0.15) is 30.8 Å². The first-order valence-corrected chi connectivity index (χ1v) is 8.73. The number of hydrogen-bond acceptors (Lipinski definition) is 4. The molecule has 0 aliphatic heterocycles. The summed E-state index contributed by atoms with van der Waals surface area (Å²) in [5.74, 6) is 1.61. The van der Waals surface area contributed by atoms with Gasteiger partial charge in [0.25, 0.3) is 0 Å². The van der Waals surface area contributed by atoms with Crippen LogP contribution in [0, 0.1) is 0 Å². The molecule has 0 saturated carbocycles. The lowest BCUT2D eigenvalue weighted by Crippen LogP contribution is -2.37. The molecule has 0 unspecified atom stereocenters. The molecule has 136 valence electrons. The van der Waals surface area contributed by atoms with Crippen molar-refractivity contribution in [3.63, 3.8) is 0 Å². The van der Waals surface area contributed by atoms with Crippen molar-refractivity contribution in [2.45, 2.75) is 33.5 Å². The zero-order valence-corrected chi connectivity index (χ0v) is 15.7. The van der Waals surface area contributed by atoms with Crippen LogP contribution in [0.3, 0.4) is 0 Å². The van der Waals surface area contributed by atoms with Crippen LogP contribution in [0.5, 0.6) is 0 Å². The smallest absolute Gasteiger partial charge is 0.191 e. The summed E-state index contributed by atoms with van der Waals surface area (Å²) in [6.45, 7) is 8.82. The summed E-state index contributed by atoms with van der Waals surface area (Å²) in [5, 5.41) is 10.7. The summed E-state index contributed by atoms with van der Waals surface area (Å²) in [6, 6.07) is 8.69. The first-order valence-electron chi connectivity index (χ1n) is 8.73. The summed E-state index contributed by atoms with van der Waals surface area (Å²) >= 11 is 0. The van der Waals surface area contributed by atoms with Gasteiger partial charge in [0.1, 0.15) is 12.2 Å². The molecule has 0 radical (unpaired) electrons. The molecule has 7 heteroatoms. The van der Waals surface area contributed by atoms with E-state index in [1.165, 1.54) is 11.1 Å². The number of aryl methyl sites for hydroxylation is 1. The second kappa shape index (κ2) is 9.78. The molecule has 0 atom stereocenters. The van der Waals surface area contributed by atoms with Crippen molar-refractivity contribution in [2.75, 3.05) is 20.1 Å². The molecule has 1 aromatic heterocycles. The van der Waals surface area contributed by atoms with E-state index in [9.17, 15) is 0 Å². The number of guanidine groups is 1. The molecular formula is C18H29N7. The monoisotopic (exact) mass is 343 g/mol. The van der Waals surface area contributed by atoms with Crippen molar-refractivity contribution >= 4 is 5.96 Å². The van der Waals surface area contributed by atoms with Crippen LogP contribution in [0.4, 0.5) is 0 Å². The zero-order valence-electron chi connectivity index (χ0n) is 15.7. The largest absolute Gasteiger partial charge is 0.352 e. The van der Waals surface area contributed by atoms with Crippen LogP contribution in [0.25, 0.3) is 0 Å². The van der Waals surface area contributed by atoms with E-state index < -0.39 is 0 Å². The van der Waals surface area contributed by atoms with E-state index >= 15 is 0 Å². The van der Waals surface area contributed by atoms with Gasteiger partial charge in [-0.25, -0.2) is 4.98 Å². The molecule has 0 aliphatic carbocycles. The topological polar surface area (TPSA) is 70.4 Å². The standard InChI is InChI=1S/C18H29N7/c1-5-25(6-2)13-16-9-7-8-15(10-16)11-20-18(19-3)21-12-17-22-14-23-24(17)4/h7-10,14H,5-6,11-13H2,1-4H3,(H2,19,20,21). The molecular weight excluding hydrogens is 314 g/mol. The Kier molecular flexibility index (Phi) is 7.40. The summed E-state index contributed by atoms with van der Waals surface area (Å²) < 4.78 is 1.75. The lowest BCUT2D eigenvalue weighted by Gasteiger charge is -2.18. The van der Waals surface area contributed by atoms with E-state index in [0.29, 0.717) is 6.54 Å². The summed E-state index contributed by atoms with van der Waals surface area (Å²) in [4.78, 5) is 10.9. The van der Waals surface area contributed by atoms with Gasteiger partial charge in [0, 0.05) is 27.2 Å². The highest BCUT2D eigenvalue weighted by Gasteiger charge is 2.05. The third-order valence-electron chi connectivity index (χ3n) is 4.19. The molecule has 2 aromatic rings. The highest BCUT2D eigenvalue weighted by Crippen LogP contribution is 2.08. The first-order chi connectivity index (χ1) is 12.2. The van der Waals surface area contributed by atoms with Gasteiger partial charge >= 0.3 is 0 Å². The fourth-order valence-electron chi connectivity index (χ4n) is 2.59. The van der Waals surface area contributed by atoms with E-state index in [1.807, 2.05) is 7.05 Å². The van der Waals surface area contributed by atoms with E-state index in [4.69, 9.17) is 0 Å². The summed E-state index contributed by atoms with van der Waals surface area (Å²) in [5.41, 5.74) is 2.58. The molecule has 1 aromatic carbocycles. The van der Waals surface area contributed by atoms with Crippen LogP contribution < -0.4 is 10.6 Å². The number of aromatic nitrogens is 3. The molecule has 25 heavy (non-hydrogen) atoms. The van der Waals surface area contributed by atoms with Crippen LogP contribution in [-0.2, 0) is 26.7 Å². The second-order valence-corrected chi connectivity index (χ2v) is 5.86. The Balaban J connectivity index is 1.87. The van der Waals surface area contributed by atoms with Gasteiger partial charge in [0.15, 0.2) is 5.96 Å². The number of benzene rings is 1. The second-order valence-electron chi connectivity index (χ2n) is 5.86. The zero-order chi connectivity index (χ0) is 18.1. The molecule has 0 amide bonds. The fourth-order valence-corrected chi connectivity index (χ4v) is 2.59. The van der Waals surface area contributed by atoms with Gasteiger partial charge in [-0.2, -0.15) is 5.10 Å². The van der Waals surface area contributed by atoms with Gasteiger partial charge in [-0.15, -0.1) is 0 Å². The molecule has 7 nitrogen and oxygen atoms in total. The maximum absolute atomic E-state index is 4.26. The minimum atomic E-state index is 0.582. The van der Waals surface area contributed by atoms with Gasteiger partial charge in [-0.05, 0) is 24.2 Å². The molecule has 0 bridgehead atoms. The molecule has 0 aliphatic rings. The third kappa shape index (κ3) is 5.86. The normalized spacial score (nSPS) is 11.8. The Bertz CT molecular complexity index is 674. The van der Waals surface area contributed by atoms with Crippen molar-refractivity contribution < 1.29 is 0 Å². The number of rotatable bonds is 8. The van der Waals surface area contributed by atoms with Crippen molar-refractivity contribution in [1.82, 2.24) is 30.3 Å². The minimum Gasteiger partial charge on any atom is -0.352 e. The quantitative estimate of drug-likeness (QED) is 0.562. The Morgan fingerprint density at radius 3 is 2.52 bits per heavy atom. The molecule has 2 rings (SSSR count). The van der Waals surface area contributed by atoms with Gasteiger partial charge in [0.2, 0.25) is 0 Å². The lowest BCUT2D eigenvalue weighted by molar-refractivity contribution is 0.296. The highest BCUT2D eigenvalue weighted by atomic mass is 15.3. The van der Waals surface area contributed by atoms with Crippen LogP contribution in [0.15, 0.2) is 35.6 Å². The summed E-state index contributed by atoms with van der Waals surface area (Å²) in [7, 11) is 3.64. The van der Waals surface area contributed by atoms with Crippen molar-refractivity contribution in [3.05, 3.63) is 47.5 Å². The van der Waals surface area contributed by atoms with Gasteiger partial charge in [0.05, 0.1) is 6.54 Å². The van der Waals surface area contributed by atoms with Gasteiger partial charge in [-0.3, -0.25) is 14.6 Å². The number of nitrogens with zero attached hydrogens (tertiary/aromatic N) is 5. The average Bonchev–Trinajstić information content (AvgIpc) is 3.05. The van der Waals surface area contributed by atoms with Crippen molar-refractivity contribution in [2.24, 2.45) is 12.0 Å². The van der Waals surface area contributed by atoms with E-state index in [0.717, 1.165) is 38.0 Å². The fraction of sp³-hybridized carbons (Fsp3) is 0.500. The Morgan fingerprint density at radius 1 is 1.16 bits per heavy atom. The SMILES string of the molecule is CCN(CC)Cc1cccc(CNC(=NC)NCc2ncnn2C)c1. The van der Waals surface area contributed by atoms with Crippen LogP contribution in [-0.4, -0.2) is 45.8 Å².